The van der Waals surface area contributed by atoms with E-state index in [0.29, 0.717) is 5.92 Å². The lowest BCUT2D eigenvalue weighted by Gasteiger charge is -2.18. The second kappa shape index (κ2) is 4.62. The molecule has 1 saturated heterocycles. The fourth-order valence-electron chi connectivity index (χ4n) is 2.14. The molecule has 0 amide bonds. The van der Waals surface area contributed by atoms with Crippen molar-refractivity contribution in [1.82, 2.24) is 0 Å². The van der Waals surface area contributed by atoms with E-state index in [1.807, 2.05) is 12.1 Å². The third-order valence-electron chi connectivity index (χ3n) is 3.01. The first-order valence-electron chi connectivity index (χ1n) is 5.41. The number of anilines is 1. The van der Waals surface area contributed by atoms with Crippen LogP contribution in [0, 0.1) is 11.7 Å². The van der Waals surface area contributed by atoms with Crippen LogP contribution in [0.25, 0.3) is 0 Å². The van der Waals surface area contributed by atoms with Crippen LogP contribution in [-0.4, -0.2) is 24.8 Å². The number of hydrogen-bond acceptors (Lipinski definition) is 2. The Labute approximate surface area is 89.3 Å². The van der Waals surface area contributed by atoms with E-state index in [4.69, 9.17) is 5.11 Å². The summed E-state index contributed by atoms with van der Waals surface area (Å²) in [6, 6.07) is 6.62. The van der Waals surface area contributed by atoms with Gasteiger partial charge in [-0.1, -0.05) is 0 Å². The van der Waals surface area contributed by atoms with Gasteiger partial charge < -0.3 is 10.0 Å². The molecule has 0 aliphatic carbocycles. The Kier molecular flexibility index (Phi) is 3.21. The van der Waals surface area contributed by atoms with Crippen LogP contribution in [0.5, 0.6) is 0 Å². The lowest BCUT2D eigenvalue weighted by atomic mass is 10.1. The average Bonchev–Trinajstić information content (AvgIpc) is 2.68. The van der Waals surface area contributed by atoms with Gasteiger partial charge in [0.2, 0.25) is 0 Å². The summed E-state index contributed by atoms with van der Waals surface area (Å²) in [5.74, 6) is 0.393. The Morgan fingerprint density at radius 3 is 2.73 bits per heavy atom. The molecule has 82 valence electrons. The topological polar surface area (TPSA) is 23.5 Å². The normalized spacial score (nSPS) is 20.9. The molecule has 1 unspecified atom stereocenters. The summed E-state index contributed by atoms with van der Waals surface area (Å²) in [5, 5.41) is 8.85. The van der Waals surface area contributed by atoms with Crippen LogP contribution in [0.15, 0.2) is 24.3 Å². The van der Waals surface area contributed by atoms with Crippen molar-refractivity contribution in [3.8, 4) is 0 Å². The zero-order chi connectivity index (χ0) is 10.7. The Bertz CT molecular complexity index is 312. The molecule has 0 bridgehead atoms. The van der Waals surface area contributed by atoms with Gasteiger partial charge in [-0.25, -0.2) is 4.39 Å². The first-order valence-corrected chi connectivity index (χ1v) is 5.41. The van der Waals surface area contributed by atoms with Gasteiger partial charge in [-0.3, -0.25) is 0 Å². The number of nitrogens with zero attached hydrogens (tertiary/aromatic N) is 1. The van der Waals surface area contributed by atoms with Crippen LogP contribution in [0.4, 0.5) is 10.1 Å². The average molecular weight is 209 g/mol. The minimum Gasteiger partial charge on any atom is -0.396 e. The molecule has 1 N–H and O–H groups in total. The maximum absolute atomic E-state index is 12.7. The van der Waals surface area contributed by atoms with Gasteiger partial charge in [0.05, 0.1) is 0 Å². The third-order valence-corrected chi connectivity index (χ3v) is 3.01. The van der Waals surface area contributed by atoms with Crippen LogP contribution >= 0.6 is 0 Å². The molecule has 1 aliphatic heterocycles. The van der Waals surface area contributed by atoms with Gasteiger partial charge in [-0.2, -0.15) is 0 Å². The zero-order valence-electron chi connectivity index (χ0n) is 8.69. The van der Waals surface area contributed by atoms with Gasteiger partial charge in [0.25, 0.3) is 0 Å². The van der Waals surface area contributed by atoms with E-state index in [-0.39, 0.29) is 12.4 Å². The predicted octanol–water partition coefficient (Wildman–Crippen LogP) is 2.03. The van der Waals surface area contributed by atoms with E-state index < -0.39 is 0 Å². The lowest BCUT2D eigenvalue weighted by molar-refractivity contribution is 0.263. The molecule has 1 aliphatic rings. The number of rotatable bonds is 3. The van der Waals surface area contributed by atoms with Crippen LogP contribution in [0.1, 0.15) is 12.8 Å². The fraction of sp³-hybridized carbons (Fsp3) is 0.500. The smallest absolute Gasteiger partial charge is 0.123 e. The summed E-state index contributed by atoms with van der Waals surface area (Å²) in [7, 11) is 0. The van der Waals surface area contributed by atoms with Crippen molar-refractivity contribution < 1.29 is 9.50 Å². The van der Waals surface area contributed by atoms with Crippen LogP contribution in [0.2, 0.25) is 0 Å². The van der Waals surface area contributed by atoms with E-state index in [1.165, 1.54) is 12.1 Å². The van der Waals surface area contributed by atoms with Crippen LogP contribution in [0.3, 0.4) is 0 Å². The van der Waals surface area contributed by atoms with Crippen molar-refractivity contribution >= 4 is 5.69 Å². The molecule has 0 saturated carbocycles. The van der Waals surface area contributed by atoms with Crippen molar-refractivity contribution in [1.29, 1.82) is 0 Å². The fourth-order valence-corrected chi connectivity index (χ4v) is 2.14. The van der Waals surface area contributed by atoms with Gasteiger partial charge in [-0.15, -0.1) is 0 Å². The maximum atomic E-state index is 12.7. The highest BCUT2D eigenvalue weighted by Gasteiger charge is 2.21. The second-order valence-electron chi connectivity index (χ2n) is 4.09. The molecule has 1 aromatic rings. The molecule has 0 spiro atoms. The molecule has 1 atom stereocenters. The van der Waals surface area contributed by atoms with Gasteiger partial charge in [0.1, 0.15) is 5.82 Å². The summed E-state index contributed by atoms with van der Waals surface area (Å²) in [5.41, 5.74) is 1.08. The Balaban J connectivity index is 1.98. The Morgan fingerprint density at radius 2 is 2.07 bits per heavy atom. The quantitative estimate of drug-likeness (QED) is 0.823. The molecule has 1 heterocycles. The largest absolute Gasteiger partial charge is 0.396 e. The van der Waals surface area contributed by atoms with Crippen molar-refractivity contribution in [2.24, 2.45) is 5.92 Å². The third kappa shape index (κ3) is 2.48. The lowest BCUT2D eigenvalue weighted by Crippen LogP contribution is -2.19. The highest BCUT2D eigenvalue weighted by Crippen LogP contribution is 2.25. The highest BCUT2D eigenvalue weighted by molar-refractivity contribution is 5.47. The second-order valence-corrected chi connectivity index (χ2v) is 4.09. The van der Waals surface area contributed by atoms with Crippen molar-refractivity contribution in [2.75, 3.05) is 24.6 Å². The maximum Gasteiger partial charge on any atom is 0.123 e. The first kappa shape index (κ1) is 10.4. The van der Waals surface area contributed by atoms with Crippen molar-refractivity contribution in [3.05, 3.63) is 30.1 Å². The standard InChI is InChI=1S/C12H16FNO/c13-11-1-3-12(4-2-11)14-7-5-10(9-14)6-8-15/h1-4,10,15H,5-9H2. The summed E-state index contributed by atoms with van der Waals surface area (Å²) in [6.07, 6.45) is 2.00. The summed E-state index contributed by atoms with van der Waals surface area (Å²) >= 11 is 0. The molecule has 1 aromatic carbocycles. The Morgan fingerprint density at radius 1 is 1.33 bits per heavy atom. The molecule has 2 rings (SSSR count). The summed E-state index contributed by atoms with van der Waals surface area (Å²) < 4.78 is 12.7. The van der Waals surface area contributed by atoms with E-state index >= 15 is 0 Å². The van der Waals surface area contributed by atoms with E-state index in [9.17, 15) is 4.39 Å². The van der Waals surface area contributed by atoms with Gasteiger partial charge in [-0.05, 0) is 43.0 Å². The number of aliphatic hydroxyl groups is 1. The molecular weight excluding hydrogens is 193 g/mol. The molecule has 2 nitrogen and oxygen atoms in total. The molecule has 0 radical (unpaired) electrons. The molecular formula is C12H16FNO. The molecule has 15 heavy (non-hydrogen) atoms. The number of aliphatic hydroxyl groups excluding tert-OH is 1. The highest BCUT2D eigenvalue weighted by atomic mass is 19.1. The van der Waals surface area contributed by atoms with Gasteiger partial charge in [0.15, 0.2) is 0 Å². The van der Waals surface area contributed by atoms with E-state index in [0.717, 1.165) is 31.6 Å². The Hall–Kier alpha value is -1.09. The number of hydrogen-bond donors (Lipinski definition) is 1. The van der Waals surface area contributed by atoms with E-state index in [1.54, 1.807) is 0 Å². The number of benzene rings is 1. The van der Waals surface area contributed by atoms with E-state index in [2.05, 4.69) is 4.90 Å². The predicted molar refractivity (Wildman–Crippen MR) is 58.4 cm³/mol. The first-order chi connectivity index (χ1) is 7.29. The molecule has 3 heteroatoms. The number of halogens is 1. The van der Waals surface area contributed by atoms with Crippen molar-refractivity contribution in [2.45, 2.75) is 12.8 Å². The monoisotopic (exact) mass is 209 g/mol. The van der Waals surface area contributed by atoms with Crippen LogP contribution in [-0.2, 0) is 0 Å². The SMILES string of the molecule is OCCC1CCN(c2ccc(F)cc2)C1. The molecule has 0 aromatic heterocycles. The molecule has 1 fully saturated rings. The van der Waals surface area contributed by atoms with Gasteiger partial charge >= 0.3 is 0 Å². The minimum absolute atomic E-state index is 0.190. The van der Waals surface area contributed by atoms with Crippen molar-refractivity contribution in [3.63, 3.8) is 0 Å². The summed E-state index contributed by atoms with van der Waals surface area (Å²) in [6.45, 7) is 2.25. The zero-order valence-corrected chi connectivity index (χ0v) is 8.69. The van der Waals surface area contributed by atoms with Gasteiger partial charge in [0, 0.05) is 25.4 Å². The van der Waals surface area contributed by atoms with Crippen LogP contribution < -0.4 is 4.90 Å². The summed E-state index contributed by atoms with van der Waals surface area (Å²) in [4.78, 5) is 2.25. The minimum atomic E-state index is -0.190.